The molecule has 0 spiro atoms. The fourth-order valence-electron chi connectivity index (χ4n) is 3.60. The number of para-hydroxylation sites is 1. The number of benzene rings is 1. The second kappa shape index (κ2) is 10.5. The molecule has 8 nitrogen and oxygen atoms in total. The summed E-state index contributed by atoms with van der Waals surface area (Å²) in [5.74, 6) is 0.316. The number of rotatable bonds is 11. The summed E-state index contributed by atoms with van der Waals surface area (Å²) in [7, 11) is 0. The molecule has 30 heavy (non-hydrogen) atoms. The van der Waals surface area contributed by atoms with Crippen LogP contribution in [0.1, 0.15) is 24.8 Å². The van der Waals surface area contributed by atoms with Crippen molar-refractivity contribution < 1.29 is 19.5 Å². The summed E-state index contributed by atoms with van der Waals surface area (Å²) >= 11 is 1.65. The molecule has 3 rings (SSSR count). The molecule has 162 valence electrons. The van der Waals surface area contributed by atoms with Crippen LogP contribution in [0.3, 0.4) is 0 Å². The monoisotopic (exact) mass is 432 g/mol. The number of hydrogen-bond donors (Lipinski definition) is 4. The van der Waals surface area contributed by atoms with Gasteiger partial charge in [0.2, 0.25) is 5.91 Å². The summed E-state index contributed by atoms with van der Waals surface area (Å²) in [4.78, 5) is 41.4. The minimum absolute atomic E-state index is 0.114. The van der Waals surface area contributed by atoms with E-state index in [9.17, 15) is 19.5 Å². The summed E-state index contributed by atoms with van der Waals surface area (Å²) in [6.45, 7) is 0.170. The maximum absolute atomic E-state index is 12.6. The third-order valence-corrected chi connectivity index (χ3v) is 5.95. The largest absolute Gasteiger partial charge is 0.394 e. The van der Waals surface area contributed by atoms with Gasteiger partial charge in [0.25, 0.3) is 5.91 Å². The van der Waals surface area contributed by atoms with Crippen molar-refractivity contribution in [3.8, 4) is 0 Å². The van der Waals surface area contributed by atoms with Crippen molar-refractivity contribution in [2.45, 2.75) is 37.8 Å². The number of imide groups is 1. The molecule has 2 aromatic rings. The number of nitrogens with one attached hydrogen (secondary N) is 3. The van der Waals surface area contributed by atoms with E-state index in [0.717, 1.165) is 22.2 Å². The molecular weight excluding hydrogens is 404 g/mol. The zero-order valence-corrected chi connectivity index (χ0v) is 17.8. The van der Waals surface area contributed by atoms with E-state index in [4.69, 9.17) is 0 Å². The van der Waals surface area contributed by atoms with Crippen molar-refractivity contribution in [1.29, 1.82) is 0 Å². The molecule has 2 unspecified atom stereocenters. The van der Waals surface area contributed by atoms with Crippen LogP contribution < -0.4 is 10.6 Å². The smallest absolute Gasteiger partial charge is 0.324 e. The predicted molar refractivity (Wildman–Crippen MR) is 117 cm³/mol. The number of aliphatic hydroxyl groups is 1. The lowest BCUT2D eigenvalue weighted by Gasteiger charge is -2.16. The maximum atomic E-state index is 12.6. The molecule has 0 radical (unpaired) electrons. The van der Waals surface area contributed by atoms with Gasteiger partial charge in [-0.15, -0.1) is 0 Å². The average Bonchev–Trinajstić information content (AvgIpc) is 3.28. The molecule has 1 aliphatic rings. The summed E-state index contributed by atoms with van der Waals surface area (Å²) < 4.78 is 0. The third-order valence-electron chi connectivity index (χ3n) is 5.30. The molecule has 2 atom stereocenters. The fourth-order valence-corrected chi connectivity index (χ4v) is 4.12. The third kappa shape index (κ3) is 5.34. The highest BCUT2D eigenvalue weighted by Crippen LogP contribution is 2.19. The van der Waals surface area contributed by atoms with Gasteiger partial charge in [-0.1, -0.05) is 18.2 Å². The minimum atomic E-state index is -0.690. The Kier molecular flexibility index (Phi) is 7.75. The number of carbonyl (C=O) groups is 3. The predicted octanol–water partition coefficient (Wildman–Crippen LogP) is 1.64. The van der Waals surface area contributed by atoms with Gasteiger partial charge < -0.3 is 20.7 Å². The molecule has 4 amide bonds. The summed E-state index contributed by atoms with van der Waals surface area (Å²) in [6.07, 6.45) is 5.46. The standard InChI is InChI=1S/C21H28N4O4S/c1-30-11-9-15(13-26)23-19(27)7-6-18-20(28)25(21(29)24-18)10-8-14-12-22-17-5-3-2-4-16(14)17/h2-5,12,15,18,22,26H,6-11,13H2,1H3,(H,23,27)(H,24,29). The van der Waals surface area contributed by atoms with E-state index >= 15 is 0 Å². The van der Waals surface area contributed by atoms with E-state index < -0.39 is 12.1 Å². The van der Waals surface area contributed by atoms with Gasteiger partial charge in [-0.2, -0.15) is 11.8 Å². The van der Waals surface area contributed by atoms with E-state index in [2.05, 4.69) is 15.6 Å². The molecule has 1 fully saturated rings. The number of carbonyl (C=O) groups excluding carboxylic acids is 3. The fraction of sp³-hybridized carbons (Fsp3) is 0.476. The average molecular weight is 433 g/mol. The number of hydrogen-bond acceptors (Lipinski definition) is 5. The van der Waals surface area contributed by atoms with Crippen LogP contribution in [0, 0.1) is 0 Å². The number of fused-ring (bicyclic) bond motifs is 1. The van der Waals surface area contributed by atoms with Crippen LogP contribution in [0.2, 0.25) is 0 Å². The Bertz CT molecular complexity index is 900. The van der Waals surface area contributed by atoms with Crippen LogP contribution in [-0.2, 0) is 16.0 Å². The van der Waals surface area contributed by atoms with Crippen molar-refractivity contribution in [2.24, 2.45) is 0 Å². The number of thioether (sulfide) groups is 1. The SMILES string of the molecule is CSCCC(CO)NC(=O)CCC1NC(=O)N(CCc2c[nH]c3ccccc23)C1=O. The number of H-pyrrole nitrogens is 1. The van der Waals surface area contributed by atoms with Crippen molar-refractivity contribution in [1.82, 2.24) is 20.5 Å². The first-order valence-electron chi connectivity index (χ1n) is 10.1. The van der Waals surface area contributed by atoms with E-state index in [1.54, 1.807) is 11.8 Å². The Morgan fingerprint density at radius 2 is 2.13 bits per heavy atom. The molecular formula is C21H28N4O4S. The van der Waals surface area contributed by atoms with Crippen LogP contribution in [0.5, 0.6) is 0 Å². The lowest BCUT2D eigenvalue weighted by atomic mass is 10.1. The lowest BCUT2D eigenvalue weighted by Crippen LogP contribution is -2.39. The van der Waals surface area contributed by atoms with Crippen LogP contribution in [-0.4, -0.2) is 70.1 Å². The molecule has 1 saturated heterocycles. The zero-order chi connectivity index (χ0) is 21.5. The first-order chi connectivity index (χ1) is 14.5. The van der Waals surface area contributed by atoms with E-state index in [1.807, 2.05) is 36.7 Å². The van der Waals surface area contributed by atoms with Crippen LogP contribution in [0.4, 0.5) is 4.79 Å². The van der Waals surface area contributed by atoms with Gasteiger partial charge in [0.05, 0.1) is 12.6 Å². The van der Waals surface area contributed by atoms with Crippen LogP contribution >= 0.6 is 11.8 Å². The lowest BCUT2D eigenvalue weighted by molar-refractivity contribution is -0.127. The molecule has 1 aliphatic heterocycles. The number of aromatic nitrogens is 1. The van der Waals surface area contributed by atoms with Crippen molar-refractivity contribution in [3.05, 3.63) is 36.0 Å². The van der Waals surface area contributed by atoms with Crippen LogP contribution in [0.25, 0.3) is 10.9 Å². The molecule has 9 heteroatoms. The Hall–Kier alpha value is -2.52. The number of urea groups is 1. The molecule has 0 bridgehead atoms. The number of aliphatic hydroxyl groups excluding tert-OH is 1. The van der Waals surface area contributed by atoms with Gasteiger partial charge in [-0.3, -0.25) is 14.5 Å². The Morgan fingerprint density at radius 1 is 1.33 bits per heavy atom. The highest BCUT2D eigenvalue weighted by molar-refractivity contribution is 7.98. The summed E-state index contributed by atoms with van der Waals surface area (Å²) in [5.41, 5.74) is 2.07. The van der Waals surface area contributed by atoms with Gasteiger partial charge in [0.15, 0.2) is 0 Å². The van der Waals surface area contributed by atoms with Gasteiger partial charge in [-0.05, 0) is 42.9 Å². The van der Waals surface area contributed by atoms with Crippen molar-refractivity contribution in [2.75, 3.05) is 25.2 Å². The highest BCUT2D eigenvalue weighted by atomic mass is 32.2. The molecule has 2 heterocycles. The Labute approximate surface area is 179 Å². The second-order valence-electron chi connectivity index (χ2n) is 7.37. The molecule has 1 aromatic carbocycles. The Balaban J connectivity index is 1.49. The molecule has 1 aromatic heterocycles. The highest BCUT2D eigenvalue weighted by Gasteiger charge is 2.37. The minimum Gasteiger partial charge on any atom is -0.394 e. The van der Waals surface area contributed by atoms with Crippen molar-refractivity contribution >= 4 is 40.5 Å². The summed E-state index contributed by atoms with van der Waals surface area (Å²) in [6, 6.07) is 6.50. The quantitative estimate of drug-likeness (QED) is 0.403. The van der Waals surface area contributed by atoms with Gasteiger partial charge in [0.1, 0.15) is 6.04 Å². The first-order valence-corrected chi connectivity index (χ1v) is 11.5. The van der Waals surface area contributed by atoms with Crippen molar-refractivity contribution in [3.63, 3.8) is 0 Å². The van der Waals surface area contributed by atoms with Gasteiger partial charge in [0, 0.05) is 30.1 Å². The first kappa shape index (κ1) is 22.2. The second-order valence-corrected chi connectivity index (χ2v) is 8.35. The van der Waals surface area contributed by atoms with Gasteiger partial charge >= 0.3 is 6.03 Å². The number of aromatic amines is 1. The van der Waals surface area contributed by atoms with Gasteiger partial charge in [-0.25, -0.2) is 4.79 Å². The Morgan fingerprint density at radius 3 is 2.90 bits per heavy atom. The van der Waals surface area contributed by atoms with E-state index in [-0.39, 0.29) is 43.8 Å². The molecule has 0 saturated carbocycles. The number of amides is 4. The topological polar surface area (TPSA) is 115 Å². The number of nitrogens with zero attached hydrogens (tertiary/aromatic N) is 1. The molecule has 0 aliphatic carbocycles. The molecule has 4 N–H and O–H groups in total. The zero-order valence-electron chi connectivity index (χ0n) is 17.0. The summed E-state index contributed by atoms with van der Waals surface area (Å²) in [5, 5.41) is 15.9. The maximum Gasteiger partial charge on any atom is 0.324 e. The normalized spacial score (nSPS) is 17.4. The van der Waals surface area contributed by atoms with E-state index in [1.165, 1.54) is 4.90 Å². The van der Waals surface area contributed by atoms with E-state index in [0.29, 0.717) is 12.8 Å². The van der Waals surface area contributed by atoms with Crippen LogP contribution in [0.15, 0.2) is 30.5 Å².